The zero-order valence-corrected chi connectivity index (χ0v) is 10.8. The maximum absolute atomic E-state index is 12.3. The molecule has 0 radical (unpaired) electrons. The Bertz CT molecular complexity index is 442. The molecule has 1 fully saturated rings. The van der Waals surface area contributed by atoms with Crippen LogP contribution in [-0.2, 0) is 4.74 Å². The summed E-state index contributed by atoms with van der Waals surface area (Å²) in [5, 5.41) is 0. The topological polar surface area (TPSA) is 68.5 Å². The van der Waals surface area contributed by atoms with Crippen molar-refractivity contribution in [2.24, 2.45) is 0 Å². The number of nitrogens with two attached hydrogens (primary N) is 1. The van der Waals surface area contributed by atoms with Crippen LogP contribution in [-0.4, -0.2) is 42.1 Å². The first kappa shape index (κ1) is 12.8. The number of pyridine rings is 1. The first-order chi connectivity index (χ1) is 8.58. The standard InChI is InChI=1S/C13H19N3O2/c1-9-12(6-10(14)7-15-9)13(17)16(2)8-11-4-3-5-18-11/h6-7,11H,3-5,8,14H2,1-2H3. The summed E-state index contributed by atoms with van der Waals surface area (Å²) in [4.78, 5) is 18.1. The number of aromatic nitrogens is 1. The highest BCUT2D eigenvalue weighted by molar-refractivity contribution is 5.95. The molecule has 98 valence electrons. The fraction of sp³-hybridized carbons (Fsp3) is 0.538. The maximum Gasteiger partial charge on any atom is 0.255 e. The van der Waals surface area contributed by atoms with Crippen molar-refractivity contribution >= 4 is 11.6 Å². The van der Waals surface area contributed by atoms with Crippen LogP contribution in [0.2, 0.25) is 0 Å². The van der Waals surface area contributed by atoms with Gasteiger partial charge in [0.25, 0.3) is 5.91 Å². The van der Waals surface area contributed by atoms with Gasteiger partial charge in [-0.25, -0.2) is 0 Å². The SMILES string of the molecule is Cc1ncc(N)cc1C(=O)N(C)CC1CCCO1. The molecule has 5 heteroatoms. The van der Waals surface area contributed by atoms with Gasteiger partial charge >= 0.3 is 0 Å². The Balaban J connectivity index is 2.07. The second kappa shape index (κ2) is 5.35. The number of ether oxygens (including phenoxy) is 1. The van der Waals surface area contributed by atoms with Gasteiger partial charge in [0, 0.05) is 20.2 Å². The van der Waals surface area contributed by atoms with Crippen molar-refractivity contribution < 1.29 is 9.53 Å². The van der Waals surface area contributed by atoms with Crippen molar-refractivity contribution in [2.75, 3.05) is 25.9 Å². The van der Waals surface area contributed by atoms with Crippen LogP contribution in [0.1, 0.15) is 28.9 Å². The molecular weight excluding hydrogens is 230 g/mol. The summed E-state index contributed by atoms with van der Waals surface area (Å²) in [6.45, 7) is 3.23. The van der Waals surface area contributed by atoms with E-state index in [0.29, 0.717) is 23.5 Å². The van der Waals surface area contributed by atoms with E-state index in [1.807, 2.05) is 6.92 Å². The molecular formula is C13H19N3O2. The molecule has 1 amide bonds. The van der Waals surface area contributed by atoms with Crippen molar-refractivity contribution in [3.8, 4) is 0 Å². The maximum atomic E-state index is 12.3. The Labute approximate surface area is 107 Å². The number of hydrogen-bond acceptors (Lipinski definition) is 4. The number of amides is 1. The van der Waals surface area contributed by atoms with Gasteiger partial charge in [0.1, 0.15) is 0 Å². The minimum Gasteiger partial charge on any atom is -0.397 e. The average molecular weight is 249 g/mol. The van der Waals surface area contributed by atoms with Crippen LogP contribution >= 0.6 is 0 Å². The van der Waals surface area contributed by atoms with Gasteiger partial charge < -0.3 is 15.4 Å². The van der Waals surface area contributed by atoms with Crippen LogP contribution in [0, 0.1) is 6.92 Å². The molecule has 0 aromatic carbocycles. The number of hydrogen-bond donors (Lipinski definition) is 1. The van der Waals surface area contributed by atoms with E-state index in [2.05, 4.69) is 4.98 Å². The number of nitrogens with zero attached hydrogens (tertiary/aromatic N) is 2. The number of aryl methyl sites for hydroxylation is 1. The Morgan fingerprint density at radius 2 is 2.44 bits per heavy atom. The molecule has 1 aliphatic rings. The monoisotopic (exact) mass is 249 g/mol. The number of nitrogen functional groups attached to an aromatic ring is 1. The quantitative estimate of drug-likeness (QED) is 0.874. The molecule has 0 spiro atoms. The van der Waals surface area contributed by atoms with Gasteiger partial charge in [-0.15, -0.1) is 0 Å². The van der Waals surface area contributed by atoms with Crippen molar-refractivity contribution in [3.63, 3.8) is 0 Å². The number of anilines is 1. The third-order valence-electron chi connectivity index (χ3n) is 3.19. The highest BCUT2D eigenvalue weighted by atomic mass is 16.5. The summed E-state index contributed by atoms with van der Waals surface area (Å²) < 4.78 is 5.53. The van der Waals surface area contributed by atoms with E-state index in [0.717, 1.165) is 19.4 Å². The zero-order chi connectivity index (χ0) is 13.1. The molecule has 1 aromatic heterocycles. The van der Waals surface area contributed by atoms with E-state index in [-0.39, 0.29) is 12.0 Å². The molecule has 0 saturated carbocycles. The van der Waals surface area contributed by atoms with E-state index in [1.54, 1.807) is 24.2 Å². The molecule has 1 atom stereocenters. The van der Waals surface area contributed by atoms with Crippen LogP contribution in [0.3, 0.4) is 0 Å². The second-order valence-electron chi connectivity index (χ2n) is 4.72. The van der Waals surface area contributed by atoms with Gasteiger partial charge in [-0.2, -0.15) is 0 Å². The van der Waals surface area contributed by atoms with Crippen molar-refractivity contribution in [2.45, 2.75) is 25.9 Å². The lowest BCUT2D eigenvalue weighted by atomic mass is 10.1. The fourth-order valence-corrected chi connectivity index (χ4v) is 2.15. The zero-order valence-electron chi connectivity index (χ0n) is 10.8. The molecule has 0 bridgehead atoms. The van der Waals surface area contributed by atoms with Gasteiger partial charge in [-0.05, 0) is 25.8 Å². The molecule has 1 aliphatic heterocycles. The summed E-state index contributed by atoms with van der Waals surface area (Å²) in [6.07, 6.45) is 3.82. The Morgan fingerprint density at radius 3 is 3.11 bits per heavy atom. The molecule has 2 N–H and O–H groups in total. The van der Waals surface area contributed by atoms with Crippen molar-refractivity contribution in [1.82, 2.24) is 9.88 Å². The first-order valence-electron chi connectivity index (χ1n) is 6.17. The van der Waals surface area contributed by atoms with E-state index in [9.17, 15) is 4.79 Å². The summed E-state index contributed by atoms with van der Waals surface area (Å²) in [5.74, 6) is -0.0530. The molecule has 1 saturated heterocycles. The Hall–Kier alpha value is -1.62. The molecule has 2 heterocycles. The van der Waals surface area contributed by atoms with E-state index in [1.165, 1.54) is 0 Å². The lowest BCUT2D eigenvalue weighted by Gasteiger charge is -2.21. The van der Waals surface area contributed by atoms with Gasteiger partial charge in [0.05, 0.1) is 29.2 Å². The summed E-state index contributed by atoms with van der Waals surface area (Å²) in [7, 11) is 1.78. The molecule has 1 aromatic rings. The van der Waals surface area contributed by atoms with E-state index >= 15 is 0 Å². The number of carbonyl (C=O) groups excluding carboxylic acids is 1. The number of carbonyl (C=O) groups is 1. The lowest BCUT2D eigenvalue weighted by molar-refractivity contribution is 0.0586. The van der Waals surface area contributed by atoms with Gasteiger partial charge in [0.2, 0.25) is 0 Å². The van der Waals surface area contributed by atoms with E-state index < -0.39 is 0 Å². The van der Waals surface area contributed by atoms with Crippen molar-refractivity contribution in [3.05, 3.63) is 23.5 Å². The lowest BCUT2D eigenvalue weighted by Crippen LogP contribution is -2.34. The van der Waals surface area contributed by atoms with Gasteiger partial charge in [0.15, 0.2) is 0 Å². The summed E-state index contributed by atoms with van der Waals surface area (Å²) >= 11 is 0. The predicted molar refractivity (Wildman–Crippen MR) is 69.3 cm³/mol. The predicted octanol–water partition coefficient (Wildman–Crippen LogP) is 1.22. The minimum atomic E-state index is -0.0530. The summed E-state index contributed by atoms with van der Waals surface area (Å²) in [5.41, 5.74) is 7.45. The largest absolute Gasteiger partial charge is 0.397 e. The normalized spacial score (nSPS) is 18.9. The highest BCUT2D eigenvalue weighted by Crippen LogP contribution is 2.16. The average Bonchev–Trinajstić information content (AvgIpc) is 2.84. The Morgan fingerprint density at radius 1 is 1.67 bits per heavy atom. The highest BCUT2D eigenvalue weighted by Gasteiger charge is 2.22. The van der Waals surface area contributed by atoms with Crippen LogP contribution < -0.4 is 5.73 Å². The van der Waals surface area contributed by atoms with E-state index in [4.69, 9.17) is 10.5 Å². The fourth-order valence-electron chi connectivity index (χ4n) is 2.15. The first-order valence-corrected chi connectivity index (χ1v) is 6.17. The minimum absolute atomic E-state index is 0.0530. The molecule has 1 unspecified atom stereocenters. The smallest absolute Gasteiger partial charge is 0.255 e. The molecule has 2 rings (SSSR count). The van der Waals surface area contributed by atoms with Gasteiger partial charge in [-0.3, -0.25) is 9.78 Å². The third-order valence-corrected chi connectivity index (χ3v) is 3.19. The van der Waals surface area contributed by atoms with Crippen LogP contribution in [0.15, 0.2) is 12.3 Å². The molecule has 18 heavy (non-hydrogen) atoms. The molecule has 5 nitrogen and oxygen atoms in total. The van der Waals surface area contributed by atoms with Crippen LogP contribution in [0.4, 0.5) is 5.69 Å². The van der Waals surface area contributed by atoms with Gasteiger partial charge in [-0.1, -0.05) is 0 Å². The summed E-state index contributed by atoms with van der Waals surface area (Å²) in [6, 6.07) is 1.68. The van der Waals surface area contributed by atoms with Crippen molar-refractivity contribution in [1.29, 1.82) is 0 Å². The second-order valence-corrected chi connectivity index (χ2v) is 4.72. The molecule has 0 aliphatic carbocycles. The Kier molecular flexibility index (Phi) is 3.81. The number of likely N-dealkylation sites (N-methyl/N-ethyl adjacent to an activating group) is 1. The third kappa shape index (κ3) is 2.79. The van der Waals surface area contributed by atoms with Crippen LogP contribution in [0.5, 0.6) is 0 Å². The van der Waals surface area contributed by atoms with Crippen LogP contribution in [0.25, 0.3) is 0 Å². The number of rotatable bonds is 3.